The maximum Gasteiger partial charge on any atom is 0.141 e. The molecule has 0 saturated carbocycles. The summed E-state index contributed by atoms with van der Waals surface area (Å²) in [5.41, 5.74) is 2.88. The largest absolute Gasteiger partial charge is 0.508 e. The number of nitrogens with zero attached hydrogens (tertiary/aromatic N) is 3. The Labute approximate surface area is 111 Å². The molecule has 2 aromatic heterocycles. The summed E-state index contributed by atoms with van der Waals surface area (Å²) in [4.78, 5) is 8.75. The van der Waals surface area contributed by atoms with E-state index in [2.05, 4.69) is 21.5 Å². The van der Waals surface area contributed by atoms with Gasteiger partial charge in [0.15, 0.2) is 0 Å². The second-order valence-electron chi connectivity index (χ2n) is 4.50. The predicted octanol–water partition coefficient (Wildman–Crippen LogP) is 3.21. The minimum Gasteiger partial charge on any atom is -0.508 e. The molecule has 0 bridgehead atoms. The van der Waals surface area contributed by atoms with Crippen LogP contribution in [0.5, 0.6) is 5.75 Å². The zero-order valence-electron chi connectivity index (χ0n) is 10.7. The van der Waals surface area contributed by atoms with Gasteiger partial charge >= 0.3 is 0 Å². The molecule has 0 atom stereocenters. The van der Waals surface area contributed by atoms with Crippen molar-refractivity contribution in [2.24, 2.45) is 0 Å². The van der Waals surface area contributed by atoms with Gasteiger partial charge in [0.05, 0.1) is 11.7 Å². The van der Waals surface area contributed by atoms with Crippen LogP contribution < -0.4 is 0 Å². The molecule has 0 aliphatic heterocycles. The van der Waals surface area contributed by atoms with Gasteiger partial charge in [0.25, 0.3) is 0 Å². The van der Waals surface area contributed by atoms with Gasteiger partial charge in [-0.2, -0.15) is 0 Å². The van der Waals surface area contributed by atoms with E-state index in [1.54, 1.807) is 24.5 Å². The molecule has 0 fully saturated rings. The number of aryl methyl sites for hydroxylation is 1. The fourth-order valence-electron chi connectivity index (χ4n) is 2.30. The summed E-state index contributed by atoms with van der Waals surface area (Å²) in [6.07, 6.45) is 4.58. The summed E-state index contributed by atoms with van der Waals surface area (Å²) in [6, 6.07) is 9.17. The second kappa shape index (κ2) is 4.72. The van der Waals surface area contributed by atoms with Gasteiger partial charge < -0.3 is 9.67 Å². The van der Waals surface area contributed by atoms with Gasteiger partial charge in [-0.1, -0.05) is 19.1 Å². The normalized spacial score (nSPS) is 11.0. The van der Waals surface area contributed by atoms with Crippen LogP contribution in [0.2, 0.25) is 0 Å². The number of fused-ring (bicyclic) bond motifs is 1. The molecule has 96 valence electrons. The van der Waals surface area contributed by atoms with Crippen LogP contribution in [0.3, 0.4) is 0 Å². The maximum atomic E-state index is 9.62. The minimum absolute atomic E-state index is 0.255. The molecule has 1 N–H and O–H groups in total. The maximum absolute atomic E-state index is 9.62. The third-order valence-corrected chi connectivity index (χ3v) is 3.10. The first-order valence-corrected chi connectivity index (χ1v) is 6.39. The zero-order valence-corrected chi connectivity index (χ0v) is 10.7. The van der Waals surface area contributed by atoms with E-state index in [1.165, 1.54) is 0 Å². The number of aromatic hydroxyl groups is 1. The number of phenols is 1. The number of phenolic OH excluding ortho intramolecular Hbond substituents is 1. The SMILES string of the molecule is CCCn1c(-c2cccc(O)c2)nc2cnccc21. The van der Waals surface area contributed by atoms with Gasteiger partial charge in [-0.25, -0.2) is 4.98 Å². The monoisotopic (exact) mass is 253 g/mol. The fourth-order valence-corrected chi connectivity index (χ4v) is 2.30. The summed E-state index contributed by atoms with van der Waals surface area (Å²) in [5.74, 6) is 1.13. The highest BCUT2D eigenvalue weighted by Crippen LogP contribution is 2.26. The van der Waals surface area contributed by atoms with E-state index >= 15 is 0 Å². The zero-order chi connectivity index (χ0) is 13.2. The van der Waals surface area contributed by atoms with Gasteiger partial charge in [-0.3, -0.25) is 4.98 Å². The van der Waals surface area contributed by atoms with Crippen LogP contribution in [0.15, 0.2) is 42.7 Å². The topological polar surface area (TPSA) is 50.9 Å². The van der Waals surface area contributed by atoms with Crippen LogP contribution in [0.1, 0.15) is 13.3 Å². The van der Waals surface area contributed by atoms with Crippen molar-refractivity contribution in [2.45, 2.75) is 19.9 Å². The molecule has 0 aliphatic rings. The van der Waals surface area contributed by atoms with Crippen molar-refractivity contribution in [3.8, 4) is 17.1 Å². The molecule has 19 heavy (non-hydrogen) atoms. The Balaban J connectivity index is 2.25. The molecule has 0 spiro atoms. The van der Waals surface area contributed by atoms with Crippen molar-refractivity contribution in [1.29, 1.82) is 0 Å². The molecule has 0 unspecified atom stereocenters. The molecule has 3 rings (SSSR count). The average molecular weight is 253 g/mol. The van der Waals surface area contributed by atoms with Gasteiger partial charge in [0.1, 0.15) is 17.1 Å². The Bertz CT molecular complexity index is 718. The van der Waals surface area contributed by atoms with E-state index in [1.807, 2.05) is 18.2 Å². The molecule has 0 radical (unpaired) electrons. The molecule has 2 heterocycles. The molecular weight excluding hydrogens is 238 g/mol. The van der Waals surface area contributed by atoms with Crippen LogP contribution in [0.25, 0.3) is 22.4 Å². The van der Waals surface area contributed by atoms with E-state index in [-0.39, 0.29) is 5.75 Å². The molecule has 1 aromatic carbocycles. The standard InChI is InChI=1S/C15H15N3O/c1-2-8-18-14-6-7-16-10-13(14)17-15(18)11-4-3-5-12(19)9-11/h3-7,9-10,19H,2,8H2,1H3. The van der Waals surface area contributed by atoms with Crippen molar-refractivity contribution in [3.05, 3.63) is 42.7 Å². The van der Waals surface area contributed by atoms with Crippen LogP contribution >= 0.6 is 0 Å². The Morgan fingerprint density at radius 2 is 2.16 bits per heavy atom. The van der Waals surface area contributed by atoms with Crippen LogP contribution in [-0.4, -0.2) is 19.6 Å². The van der Waals surface area contributed by atoms with E-state index in [0.717, 1.165) is 35.4 Å². The van der Waals surface area contributed by atoms with Crippen molar-refractivity contribution in [1.82, 2.24) is 14.5 Å². The van der Waals surface area contributed by atoms with Crippen molar-refractivity contribution in [3.63, 3.8) is 0 Å². The number of hydrogen-bond donors (Lipinski definition) is 1. The average Bonchev–Trinajstić information content (AvgIpc) is 2.79. The van der Waals surface area contributed by atoms with Crippen LogP contribution in [0, 0.1) is 0 Å². The number of hydrogen-bond acceptors (Lipinski definition) is 3. The van der Waals surface area contributed by atoms with Gasteiger partial charge in [0, 0.05) is 18.3 Å². The highest BCUT2D eigenvalue weighted by Gasteiger charge is 2.12. The summed E-state index contributed by atoms with van der Waals surface area (Å²) in [7, 11) is 0. The lowest BCUT2D eigenvalue weighted by molar-refractivity contribution is 0.475. The number of rotatable bonds is 3. The number of imidazole rings is 1. The predicted molar refractivity (Wildman–Crippen MR) is 74.9 cm³/mol. The molecule has 0 amide bonds. The fraction of sp³-hybridized carbons (Fsp3) is 0.200. The lowest BCUT2D eigenvalue weighted by Gasteiger charge is -2.07. The van der Waals surface area contributed by atoms with Gasteiger partial charge in [-0.05, 0) is 24.6 Å². The number of benzene rings is 1. The van der Waals surface area contributed by atoms with E-state index in [4.69, 9.17) is 0 Å². The third-order valence-electron chi connectivity index (χ3n) is 3.10. The lowest BCUT2D eigenvalue weighted by Crippen LogP contribution is -1.99. The Hall–Kier alpha value is -2.36. The van der Waals surface area contributed by atoms with E-state index in [9.17, 15) is 5.11 Å². The minimum atomic E-state index is 0.255. The van der Waals surface area contributed by atoms with Crippen molar-refractivity contribution >= 4 is 11.0 Å². The molecule has 0 aliphatic carbocycles. The Morgan fingerprint density at radius 3 is 2.95 bits per heavy atom. The first-order chi connectivity index (χ1) is 9.29. The Kier molecular flexibility index (Phi) is 2.91. The third kappa shape index (κ3) is 2.05. The van der Waals surface area contributed by atoms with Crippen LogP contribution in [-0.2, 0) is 6.54 Å². The van der Waals surface area contributed by atoms with Gasteiger partial charge in [0.2, 0.25) is 0 Å². The second-order valence-corrected chi connectivity index (χ2v) is 4.50. The first-order valence-electron chi connectivity index (χ1n) is 6.39. The number of pyridine rings is 1. The summed E-state index contributed by atoms with van der Waals surface area (Å²) >= 11 is 0. The quantitative estimate of drug-likeness (QED) is 0.779. The Morgan fingerprint density at radius 1 is 1.26 bits per heavy atom. The molecule has 0 saturated heterocycles. The lowest BCUT2D eigenvalue weighted by atomic mass is 10.2. The smallest absolute Gasteiger partial charge is 0.141 e. The van der Waals surface area contributed by atoms with Crippen molar-refractivity contribution < 1.29 is 5.11 Å². The summed E-state index contributed by atoms with van der Waals surface area (Å²) < 4.78 is 2.17. The summed E-state index contributed by atoms with van der Waals surface area (Å²) in [5, 5.41) is 9.62. The van der Waals surface area contributed by atoms with E-state index in [0.29, 0.717) is 0 Å². The first kappa shape index (κ1) is 11.7. The van der Waals surface area contributed by atoms with Crippen LogP contribution in [0.4, 0.5) is 0 Å². The number of aromatic nitrogens is 3. The molecule has 4 heteroatoms. The highest BCUT2D eigenvalue weighted by atomic mass is 16.3. The highest BCUT2D eigenvalue weighted by molar-refractivity contribution is 5.79. The van der Waals surface area contributed by atoms with Crippen molar-refractivity contribution in [2.75, 3.05) is 0 Å². The molecule has 3 aromatic rings. The van der Waals surface area contributed by atoms with Gasteiger partial charge in [-0.15, -0.1) is 0 Å². The molecular formula is C15H15N3O. The summed E-state index contributed by atoms with van der Waals surface area (Å²) in [6.45, 7) is 3.03. The van der Waals surface area contributed by atoms with E-state index < -0.39 is 0 Å². The molecule has 4 nitrogen and oxygen atoms in total.